The number of allylic oxidation sites excluding steroid dienone is 4. The van der Waals surface area contributed by atoms with E-state index >= 15 is 0 Å². The molecule has 0 N–H and O–H groups in total. The zero-order chi connectivity index (χ0) is 5.98. The Hall–Kier alpha value is -0.660. The van der Waals surface area contributed by atoms with E-state index < -0.39 is 12.0 Å². The van der Waals surface area contributed by atoms with E-state index in [0.29, 0.717) is 6.42 Å². The Morgan fingerprint density at radius 3 is 2.75 bits per heavy atom. The van der Waals surface area contributed by atoms with E-state index in [-0.39, 0.29) is 0 Å². The lowest BCUT2D eigenvalue weighted by Gasteiger charge is -2.01. The second kappa shape index (κ2) is 2.07. The van der Waals surface area contributed by atoms with Gasteiger partial charge in [-0.15, -0.1) is 0 Å². The fraction of sp³-hybridized carbons (Fsp3) is 0.333. The Bertz CT molecular complexity index is 135. The molecule has 0 aromatic heterocycles. The van der Waals surface area contributed by atoms with E-state index in [1.54, 1.807) is 0 Å². The summed E-state index contributed by atoms with van der Waals surface area (Å²) in [6.07, 6.45) is 2.93. The topological polar surface area (TPSA) is 0 Å². The molecule has 1 rings (SSSR count). The number of alkyl halides is 1. The average molecular weight is 116 g/mol. The molecule has 0 aromatic rings. The van der Waals surface area contributed by atoms with Crippen molar-refractivity contribution in [3.8, 4) is 0 Å². The highest BCUT2D eigenvalue weighted by molar-refractivity contribution is 5.17. The number of hydrogen-bond donors (Lipinski definition) is 0. The zero-order valence-electron chi connectivity index (χ0n) is 4.27. The minimum Gasteiger partial charge on any atom is -0.242 e. The van der Waals surface area contributed by atoms with Crippen molar-refractivity contribution < 1.29 is 8.78 Å². The Balaban J connectivity index is 2.63. The molecule has 0 nitrogen and oxygen atoms in total. The first kappa shape index (κ1) is 5.48. The van der Waals surface area contributed by atoms with Crippen molar-refractivity contribution in [3.63, 3.8) is 0 Å². The van der Waals surface area contributed by atoms with Crippen molar-refractivity contribution >= 4 is 0 Å². The molecule has 2 heteroatoms. The van der Waals surface area contributed by atoms with Crippen LogP contribution in [0.15, 0.2) is 24.1 Å². The molecule has 0 saturated carbocycles. The van der Waals surface area contributed by atoms with Gasteiger partial charge in [-0.25, -0.2) is 8.78 Å². The van der Waals surface area contributed by atoms with Crippen LogP contribution in [-0.4, -0.2) is 6.17 Å². The van der Waals surface area contributed by atoms with Crippen LogP contribution in [0, 0.1) is 0 Å². The molecule has 0 aromatic carbocycles. The summed E-state index contributed by atoms with van der Waals surface area (Å²) in [5.41, 5.74) is 0. The first-order valence-electron chi connectivity index (χ1n) is 2.47. The molecule has 44 valence electrons. The van der Waals surface area contributed by atoms with Gasteiger partial charge in [0.1, 0.15) is 12.0 Å². The van der Waals surface area contributed by atoms with Crippen LogP contribution in [0.25, 0.3) is 0 Å². The van der Waals surface area contributed by atoms with Crippen molar-refractivity contribution in [2.24, 2.45) is 0 Å². The first-order chi connectivity index (χ1) is 3.79. The van der Waals surface area contributed by atoms with E-state index in [9.17, 15) is 8.78 Å². The van der Waals surface area contributed by atoms with Crippen molar-refractivity contribution in [2.45, 2.75) is 12.6 Å². The van der Waals surface area contributed by atoms with Gasteiger partial charge in [-0.05, 0) is 12.2 Å². The molecule has 0 aliphatic heterocycles. The Kier molecular flexibility index (Phi) is 1.42. The Morgan fingerprint density at radius 2 is 2.38 bits per heavy atom. The van der Waals surface area contributed by atoms with E-state index in [4.69, 9.17) is 0 Å². The highest BCUT2D eigenvalue weighted by atomic mass is 19.1. The molecule has 0 fully saturated rings. The van der Waals surface area contributed by atoms with Gasteiger partial charge in [0.2, 0.25) is 0 Å². The quantitative estimate of drug-likeness (QED) is 0.454. The SMILES string of the molecule is FC1=C[C@@H](F)CC=C1. The van der Waals surface area contributed by atoms with Crippen LogP contribution < -0.4 is 0 Å². The maximum atomic E-state index is 12.1. The fourth-order valence-corrected chi connectivity index (χ4v) is 0.607. The lowest BCUT2D eigenvalue weighted by Crippen LogP contribution is -1.96. The molecular weight excluding hydrogens is 110 g/mol. The van der Waals surface area contributed by atoms with Crippen LogP contribution in [0.3, 0.4) is 0 Å². The van der Waals surface area contributed by atoms with E-state index in [2.05, 4.69) is 0 Å². The van der Waals surface area contributed by atoms with E-state index in [1.165, 1.54) is 12.2 Å². The van der Waals surface area contributed by atoms with Crippen LogP contribution in [0.5, 0.6) is 0 Å². The predicted molar refractivity (Wildman–Crippen MR) is 27.8 cm³/mol. The summed E-state index contributed by atoms with van der Waals surface area (Å²) in [5.74, 6) is -0.469. The highest BCUT2D eigenvalue weighted by Crippen LogP contribution is 2.13. The molecule has 1 aliphatic carbocycles. The standard InChI is InChI=1S/C6H6F2/c7-5-2-1-3-6(8)4-5/h1-2,4,6H,3H2/t6-/m0/s1. The van der Waals surface area contributed by atoms with Crippen molar-refractivity contribution in [2.75, 3.05) is 0 Å². The predicted octanol–water partition coefficient (Wildman–Crippen LogP) is 2.14. The van der Waals surface area contributed by atoms with Crippen molar-refractivity contribution in [1.82, 2.24) is 0 Å². The molecule has 0 amide bonds. The van der Waals surface area contributed by atoms with Crippen LogP contribution >= 0.6 is 0 Å². The Labute approximate surface area is 46.5 Å². The summed E-state index contributed by atoms with van der Waals surface area (Å²) >= 11 is 0. The summed E-state index contributed by atoms with van der Waals surface area (Å²) in [7, 11) is 0. The summed E-state index contributed by atoms with van der Waals surface area (Å²) < 4.78 is 24.0. The van der Waals surface area contributed by atoms with E-state index in [1.807, 2.05) is 0 Å². The Morgan fingerprint density at radius 1 is 1.62 bits per heavy atom. The van der Waals surface area contributed by atoms with Gasteiger partial charge in [0.25, 0.3) is 0 Å². The van der Waals surface area contributed by atoms with Gasteiger partial charge in [0.15, 0.2) is 0 Å². The maximum absolute atomic E-state index is 12.1. The molecule has 8 heavy (non-hydrogen) atoms. The average Bonchev–Trinajstić information content (AvgIpc) is 1.64. The molecule has 0 heterocycles. The fourth-order valence-electron chi connectivity index (χ4n) is 0.607. The third-order valence-corrected chi connectivity index (χ3v) is 0.978. The summed E-state index contributed by atoms with van der Waals surface area (Å²) in [4.78, 5) is 0. The number of rotatable bonds is 0. The minimum absolute atomic E-state index is 0.313. The molecule has 1 aliphatic rings. The molecule has 1 atom stereocenters. The summed E-state index contributed by atoms with van der Waals surface area (Å²) in [6.45, 7) is 0. The number of hydrogen-bond acceptors (Lipinski definition) is 0. The van der Waals surface area contributed by atoms with Crippen LogP contribution in [0.4, 0.5) is 8.78 Å². The highest BCUT2D eigenvalue weighted by Gasteiger charge is 2.04. The van der Waals surface area contributed by atoms with Gasteiger partial charge >= 0.3 is 0 Å². The van der Waals surface area contributed by atoms with Crippen LogP contribution in [-0.2, 0) is 0 Å². The lowest BCUT2D eigenvalue weighted by atomic mass is 10.1. The summed E-state index contributed by atoms with van der Waals surface area (Å²) in [5, 5.41) is 0. The number of halogens is 2. The minimum atomic E-state index is -1.11. The molecule has 0 unspecified atom stereocenters. The van der Waals surface area contributed by atoms with Gasteiger partial charge in [0.05, 0.1) is 0 Å². The largest absolute Gasteiger partial charge is 0.242 e. The van der Waals surface area contributed by atoms with Gasteiger partial charge in [0, 0.05) is 6.42 Å². The maximum Gasteiger partial charge on any atom is 0.125 e. The zero-order valence-corrected chi connectivity index (χ0v) is 4.27. The first-order valence-corrected chi connectivity index (χ1v) is 2.47. The second-order valence-electron chi connectivity index (χ2n) is 1.71. The molecule has 0 radical (unpaired) electrons. The van der Waals surface area contributed by atoms with Crippen LogP contribution in [0.1, 0.15) is 6.42 Å². The second-order valence-corrected chi connectivity index (χ2v) is 1.71. The molecule has 0 bridgehead atoms. The third-order valence-electron chi connectivity index (χ3n) is 0.978. The van der Waals surface area contributed by atoms with Gasteiger partial charge < -0.3 is 0 Å². The van der Waals surface area contributed by atoms with Crippen LogP contribution in [0.2, 0.25) is 0 Å². The smallest absolute Gasteiger partial charge is 0.125 e. The molecular formula is C6H6F2. The molecule has 0 spiro atoms. The van der Waals surface area contributed by atoms with Gasteiger partial charge in [-0.3, -0.25) is 0 Å². The van der Waals surface area contributed by atoms with Crippen molar-refractivity contribution in [3.05, 3.63) is 24.1 Å². The monoisotopic (exact) mass is 116 g/mol. The third kappa shape index (κ3) is 1.15. The van der Waals surface area contributed by atoms with Crippen molar-refractivity contribution in [1.29, 1.82) is 0 Å². The lowest BCUT2D eigenvalue weighted by molar-refractivity contribution is 0.393. The molecule has 0 saturated heterocycles. The van der Waals surface area contributed by atoms with Gasteiger partial charge in [-0.1, -0.05) is 6.08 Å². The normalized spacial score (nSPS) is 27.8. The van der Waals surface area contributed by atoms with E-state index in [0.717, 1.165) is 6.08 Å². The van der Waals surface area contributed by atoms with Gasteiger partial charge in [-0.2, -0.15) is 0 Å². The summed E-state index contributed by atoms with van der Waals surface area (Å²) in [6, 6.07) is 0.